The lowest BCUT2D eigenvalue weighted by Crippen LogP contribution is -2.19. The van der Waals surface area contributed by atoms with Gasteiger partial charge in [0.15, 0.2) is 5.69 Å². The number of nitrogens with two attached hydrogens (primary N) is 1. The van der Waals surface area contributed by atoms with Crippen molar-refractivity contribution in [3.63, 3.8) is 0 Å². The second-order valence-corrected chi connectivity index (χ2v) is 6.38. The third-order valence-electron chi connectivity index (χ3n) is 4.27. The molecule has 4 rings (SSSR count). The number of carbonyl (C=O) groups is 1. The summed E-state index contributed by atoms with van der Waals surface area (Å²) in [6.45, 7) is 2.39. The summed E-state index contributed by atoms with van der Waals surface area (Å²) in [5.41, 5.74) is 9.63. The molecule has 1 amide bonds. The van der Waals surface area contributed by atoms with Crippen LogP contribution in [0.2, 0.25) is 0 Å². The van der Waals surface area contributed by atoms with Crippen LogP contribution < -0.4 is 15.9 Å². The molecule has 0 radical (unpaired) electrons. The molecule has 0 atom stereocenters. The largest absolute Gasteiger partial charge is 0.494 e. The molecule has 0 fully saturated rings. The lowest BCUT2D eigenvalue weighted by Gasteiger charge is -2.07. The number of nitrogens with zero attached hydrogens (tertiary/aromatic N) is 6. The molecule has 162 valence electrons. The molecule has 32 heavy (non-hydrogen) atoms. The van der Waals surface area contributed by atoms with Crippen molar-refractivity contribution in [2.45, 2.75) is 6.92 Å². The second kappa shape index (κ2) is 9.04. The normalized spacial score (nSPS) is 11.1. The van der Waals surface area contributed by atoms with E-state index in [9.17, 15) is 9.18 Å². The molecule has 0 bridgehead atoms. The van der Waals surface area contributed by atoms with E-state index >= 15 is 0 Å². The molecule has 2 aromatic heterocycles. The van der Waals surface area contributed by atoms with Crippen LogP contribution in [0.1, 0.15) is 23.0 Å². The molecule has 0 spiro atoms. The van der Waals surface area contributed by atoms with Crippen LogP contribution in [0.3, 0.4) is 0 Å². The maximum absolute atomic E-state index is 13.0. The Balaban J connectivity index is 1.67. The third kappa shape index (κ3) is 4.28. The molecule has 11 nitrogen and oxygen atoms in total. The molecule has 0 aliphatic rings. The van der Waals surface area contributed by atoms with Gasteiger partial charge < -0.3 is 10.5 Å². The summed E-state index contributed by atoms with van der Waals surface area (Å²) >= 11 is 0. The number of anilines is 1. The van der Waals surface area contributed by atoms with E-state index in [1.165, 1.54) is 35.2 Å². The van der Waals surface area contributed by atoms with Gasteiger partial charge in [0.1, 0.15) is 17.3 Å². The number of halogens is 1. The predicted molar refractivity (Wildman–Crippen MR) is 112 cm³/mol. The Morgan fingerprint density at radius 1 is 1.22 bits per heavy atom. The minimum Gasteiger partial charge on any atom is -0.494 e. The fraction of sp³-hybridized carbons (Fsp3) is 0.100. The number of hydrogen-bond acceptors (Lipinski definition) is 9. The number of hydrazone groups is 1. The highest BCUT2D eigenvalue weighted by molar-refractivity contribution is 5.98. The van der Waals surface area contributed by atoms with Gasteiger partial charge in [0, 0.05) is 5.56 Å². The van der Waals surface area contributed by atoms with E-state index < -0.39 is 5.91 Å². The van der Waals surface area contributed by atoms with Gasteiger partial charge in [0.2, 0.25) is 11.6 Å². The summed E-state index contributed by atoms with van der Waals surface area (Å²) in [5, 5.41) is 19.1. The molecule has 0 aliphatic heterocycles. The molecule has 2 aromatic carbocycles. The molecule has 4 aromatic rings. The lowest BCUT2D eigenvalue weighted by molar-refractivity contribution is 0.0950. The topological polar surface area (TPSA) is 146 Å². The molecule has 0 saturated carbocycles. The lowest BCUT2D eigenvalue weighted by atomic mass is 10.1. The van der Waals surface area contributed by atoms with Crippen molar-refractivity contribution in [1.82, 2.24) is 30.7 Å². The molecule has 12 heteroatoms. The molecular weight excluding hydrogens is 419 g/mol. The highest BCUT2D eigenvalue weighted by Gasteiger charge is 2.25. The summed E-state index contributed by atoms with van der Waals surface area (Å²) in [6, 6.07) is 12.6. The number of hydrogen-bond donors (Lipinski definition) is 2. The average molecular weight is 436 g/mol. The van der Waals surface area contributed by atoms with Gasteiger partial charge in [0.05, 0.1) is 12.8 Å². The third-order valence-corrected chi connectivity index (χ3v) is 4.27. The van der Waals surface area contributed by atoms with Crippen LogP contribution in [0.25, 0.3) is 17.1 Å². The van der Waals surface area contributed by atoms with E-state index in [1.54, 1.807) is 24.3 Å². The highest BCUT2D eigenvalue weighted by atomic mass is 19.1. The first-order valence-corrected chi connectivity index (χ1v) is 9.43. The number of rotatable bonds is 7. The highest BCUT2D eigenvalue weighted by Crippen LogP contribution is 2.28. The molecule has 0 unspecified atom stereocenters. The number of benzene rings is 2. The SMILES string of the molecule is CCOc1ccc(-c2c(C(=O)NN=Cc3ccc(F)cc3)nnn2-c2nonc2N)cc1. The van der Waals surface area contributed by atoms with Gasteiger partial charge in [-0.15, -0.1) is 5.10 Å². The quantitative estimate of drug-likeness (QED) is 0.331. The van der Waals surface area contributed by atoms with Crippen LogP contribution in [0.15, 0.2) is 58.3 Å². The van der Waals surface area contributed by atoms with Crippen molar-refractivity contribution in [2.24, 2.45) is 5.10 Å². The minimum atomic E-state index is -0.631. The summed E-state index contributed by atoms with van der Waals surface area (Å²) < 4.78 is 24.4. The number of ether oxygens (including phenoxy) is 1. The number of carbonyl (C=O) groups excluding carboxylic acids is 1. The van der Waals surface area contributed by atoms with Crippen molar-refractivity contribution >= 4 is 17.9 Å². The molecule has 0 saturated heterocycles. The van der Waals surface area contributed by atoms with Gasteiger partial charge in [-0.25, -0.2) is 14.4 Å². The van der Waals surface area contributed by atoms with E-state index in [2.05, 4.69) is 35.8 Å². The standard InChI is InChI=1S/C20H17FN8O3/c1-2-31-15-9-5-13(6-10-15)17-16(24-28-29(17)19-18(22)26-32-27-19)20(30)25-23-11-12-3-7-14(21)8-4-12/h3-11H,2H2,1H3,(H2,22,26)(H,25,30). The van der Waals surface area contributed by atoms with Crippen molar-refractivity contribution < 1.29 is 18.6 Å². The summed E-state index contributed by atoms with van der Waals surface area (Å²) in [5.74, 6) is -0.288. The van der Waals surface area contributed by atoms with E-state index in [0.717, 1.165) is 0 Å². The van der Waals surface area contributed by atoms with Crippen LogP contribution >= 0.6 is 0 Å². The van der Waals surface area contributed by atoms with Gasteiger partial charge in [-0.3, -0.25) is 4.79 Å². The molecule has 3 N–H and O–H groups in total. The van der Waals surface area contributed by atoms with E-state index in [0.29, 0.717) is 29.2 Å². The Morgan fingerprint density at radius 3 is 2.62 bits per heavy atom. The first kappa shape index (κ1) is 20.7. The Hall–Kier alpha value is -4.61. The van der Waals surface area contributed by atoms with Crippen LogP contribution in [-0.2, 0) is 0 Å². The van der Waals surface area contributed by atoms with E-state index in [1.807, 2.05) is 6.92 Å². The number of amides is 1. The number of nitrogens with one attached hydrogen (secondary N) is 1. The Bertz CT molecular complexity index is 1250. The second-order valence-electron chi connectivity index (χ2n) is 6.38. The first-order chi connectivity index (χ1) is 15.6. The van der Waals surface area contributed by atoms with Crippen LogP contribution in [0.5, 0.6) is 5.75 Å². The van der Waals surface area contributed by atoms with Gasteiger partial charge >= 0.3 is 0 Å². The van der Waals surface area contributed by atoms with E-state index in [-0.39, 0.29) is 23.1 Å². The predicted octanol–water partition coefficient (Wildman–Crippen LogP) is 2.20. The Morgan fingerprint density at radius 2 is 1.97 bits per heavy atom. The average Bonchev–Trinajstić information content (AvgIpc) is 3.42. The van der Waals surface area contributed by atoms with Crippen molar-refractivity contribution in [3.05, 3.63) is 65.6 Å². The van der Waals surface area contributed by atoms with Gasteiger partial charge in [0.25, 0.3) is 5.91 Å². The zero-order chi connectivity index (χ0) is 22.5. The monoisotopic (exact) mass is 436 g/mol. The van der Waals surface area contributed by atoms with Gasteiger partial charge in [-0.2, -0.15) is 9.78 Å². The fourth-order valence-corrected chi connectivity index (χ4v) is 2.82. The zero-order valence-electron chi connectivity index (χ0n) is 16.8. The summed E-state index contributed by atoms with van der Waals surface area (Å²) in [4.78, 5) is 12.8. The molecular formula is C20H17FN8O3. The van der Waals surface area contributed by atoms with Crippen LogP contribution in [0, 0.1) is 5.82 Å². The summed E-state index contributed by atoms with van der Waals surface area (Å²) in [7, 11) is 0. The number of nitrogen functional groups attached to an aromatic ring is 1. The summed E-state index contributed by atoms with van der Waals surface area (Å²) in [6.07, 6.45) is 1.37. The zero-order valence-corrected chi connectivity index (χ0v) is 16.8. The van der Waals surface area contributed by atoms with Crippen LogP contribution in [-0.4, -0.2) is 44.0 Å². The van der Waals surface area contributed by atoms with Crippen molar-refractivity contribution in [3.8, 4) is 22.8 Å². The van der Waals surface area contributed by atoms with Gasteiger partial charge in [-0.05, 0) is 59.2 Å². The van der Waals surface area contributed by atoms with Gasteiger partial charge in [-0.1, -0.05) is 17.3 Å². The molecule has 0 aliphatic carbocycles. The Labute approximate surface area is 180 Å². The van der Waals surface area contributed by atoms with Crippen molar-refractivity contribution in [1.29, 1.82) is 0 Å². The molecule has 2 heterocycles. The minimum absolute atomic E-state index is 0.0247. The maximum atomic E-state index is 13.0. The smallest absolute Gasteiger partial charge is 0.294 e. The fourth-order valence-electron chi connectivity index (χ4n) is 2.82. The maximum Gasteiger partial charge on any atom is 0.294 e. The van der Waals surface area contributed by atoms with Crippen molar-refractivity contribution in [2.75, 3.05) is 12.3 Å². The Kier molecular flexibility index (Phi) is 5.83. The van der Waals surface area contributed by atoms with E-state index in [4.69, 9.17) is 10.5 Å². The van der Waals surface area contributed by atoms with Crippen LogP contribution in [0.4, 0.5) is 10.2 Å². The first-order valence-electron chi connectivity index (χ1n) is 9.43. The number of aromatic nitrogens is 5.